The van der Waals surface area contributed by atoms with Gasteiger partial charge in [-0.15, -0.1) is 0 Å². The molecule has 0 fully saturated rings. The summed E-state index contributed by atoms with van der Waals surface area (Å²) in [6.45, 7) is 7.70. The van der Waals surface area contributed by atoms with Crippen LogP contribution >= 0.6 is 0 Å². The maximum atomic E-state index is 9.85. The van der Waals surface area contributed by atoms with Crippen molar-refractivity contribution < 1.29 is 14.6 Å². The van der Waals surface area contributed by atoms with E-state index in [9.17, 15) is 5.11 Å². The summed E-state index contributed by atoms with van der Waals surface area (Å²) < 4.78 is 10.9. The molecule has 0 aliphatic heterocycles. The van der Waals surface area contributed by atoms with Gasteiger partial charge in [0.05, 0.1) is 6.10 Å². The zero-order valence-electron chi connectivity index (χ0n) is 16.0. The van der Waals surface area contributed by atoms with Gasteiger partial charge < -0.3 is 14.6 Å². The minimum atomic E-state index is -0.0580. The van der Waals surface area contributed by atoms with Gasteiger partial charge in [-0.1, -0.05) is 71.1 Å². The number of unbranched alkanes of at least 4 members (excludes halogenated alkanes) is 9. The lowest BCUT2D eigenvalue weighted by Crippen LogP contribution is -2.13. The number of rotatable bonds is 18. The molecule has 3 heteroatoms. The van der Waals surface area contributed by atoms with Crippen LogP contribution in [0.25, 0.3) is 0 Å². The van der Waals surface area contributed by atoms with Crippen molar-refractivity contribution in [3.8, 4) is 0 Å². The zero-order valence-corrected chi connectivity index (χ0v) is 16.0. The molecule has 1 N–H and O–H groups in total. The highest BCUT2D eigenvalue weighted by molar-refractivity contribution is 4.57. The Balaban J connectivity index is 3.13. The van der Waals surface area contributed by atoms with Crippen LogP contribution in [0.5, 0.6) is 0 Å². The van der Waals surface area contributed by atoms with Gasteiger partial charge in [0, 0.05) is 13.2 Å². The summed E-state index contributed by atoms with van der Waals surface area (Å²) in [6.07, 6.45) is 15.7. The van der Waals surface area contributed by atoms with Gasteiger partial charge in [-0.3, -0.25) is 0 Å². The van der Waals surface area contributed by atoms with Crippen LogP contribution in [0.3, 0.4) is 0 Å². The molecule has 0 aromatic carbocycles. The van der Waals surface area contributed by atoms with E-state index >= 15 is 0 Å². The Labute approximate surface area is 145 Å². The molecule has 0 bridgehead atoms. The van der Waals surface area contributed by atoms with Gasteiger partial charge in [0.2, 0.25) is 0 Å². The highest BCUT2D eigenvalue weighted by Gasteiger charge is 2.03. The van der Waals surface area contributed by atoms with Gasteiger partial charge in [-0.25, -0.2) is 0 Å². The van der Waals surface area contributed by atoms with Crippen LogP contribution in [-0.4, -0.2) is 30.7 Å². The number of aliphatic hydroxyl groups excluding tert-OH is 1. The van der Waals surface area contributed by atoms with Crippen LogP contribution in [-0.2, 0) is 9.47 Å². The molecule has 0 saturated carbocycles. The number of hydrogen-bond donors (Lipinski definition) is 1. The summed E-state index contributed by atoms with van der Waals surface area (Å²) in [4.78, 5) is 0. The molecular weight excluding hydrogens is 288 g/mol. The molecule has 0 rings (SSSR count). The molecule has 140 valence electrons. The van der Waals surface area contributed by atoms with Crippen LogP contribution in [0.2, 0.25) is 0 Å². The van der Waals surface area contributed by atoms with E-state index < -0.39 is 0 Å². The summed E-state index contributed by atoms with van der Waals surface area (Å²) in [5.74, 6) is 0. The maximum absolute atomic E-state index is 9.85. The fraction of sp³-hybridized carbons (Fsp3) is 1.00. The van der Waals surface area contributed by atoms with Crippen LogP contribution in [0.15, 0.2) is 0 Å². The third-order valence-corrected chi connectivity index (χ3v) is 4.33. The summed E-state index contributed by atoms with van der Waals surface area (Å²) in [7, 11) is 0. The zero-order chi connectivity index (χ0) is 17.2. The normalized spacial score (nSPS) is 14.1. The lowest BCUT2D eigenvalue weighted by atomic mass is 10.0. The largest absolute Gasteiger partial charge is 0.393 e. The summed E-state index contributed by atoms with van der Waals surface area (Å²) in [5.41, 5.74) is 0. The monoisotopic (exact) mass is 330 g/mol. The van der Waals surface area contributed by atoms with E-state index in [1.165, 1.54) is 64.2 Å². The molecule has 0 aliphatic rings. The second-order valence-electron chi connectivity index (χ2n) is 6.66. The van der Waals surface area contributed by atoms with E-state index in [-0.39, 0.29) is 12.4 Å². The Kier molecular flexibility index (Phi) is 18.1. The van der Waals surface area contributed by atoms with Gasteiger partial charge in [0.25, 0.3) is 0 Å². The van der Waals surface area contributed by atoms with Gasteiger partial charge in [-0.05, 0) is 33.1 Å². The van der Waals surface area contributed by atoms with Crippen molar-refractivity contribution in [2.24, 2.45) is 0 Å². The quantitative estimate of drug-likeness (QED) is 0.253. The molecule has 23 heavy (non-hydrogen) atoms. The average molecular weight is 331 g/mol. The standard InChI is InChI=1S/C20H42O3/c1-4-6-13-16-20(21)17-14-11-9-7-8-10-12-15-18-23-19(3)22-5-2/h19-21H,4-18H2,1-3H3/t19?,20-/m1/s1. The predicted molar refractivity (Wildman–Crippen MR) is 98.7 cm³/mol. The minimum absolute atomic E-state index is 0.0550. The summed E-state index contributed by atoms with van der Waals surface area (Å²) in [6, 6.07) is 0. The first kappa shape index (κ1) is 22.9. The van der Waals surface area contributed by atoms with Crippen molar-refractivity contribution in [2.45, 2.75) is 117 Å². The number of hydrogen-bond acceptors (Lipinski definition) is 3. The first-order valence-electron chi connectivity index (χ1n) is 10.1. The van der Waals surface area contributed by atoms with E-state index in [0.717, 1.165) is 32.5 Å². The van der Waals surface area contributed by atoms with Crippen LogP contribution in [0.4, 0.5) is 0 Å². The third-order valence-electron chi connectivity index (χ3n) is 4.33. The van der Waals surface area contributed by atoms with Gasteiger partial charge in [0.1, 0.15) is 0 Å². The molecule has 2 atom stereocenters. The van der Waals surface area contributed by atoms with Crippen molar-refractivity contribution >= 4 is 0 Å². The SMILES string of the molecule is CCCCC[C@@H](O)CCCCCCCCCCOC(C)OCC. The van der Waals surface area contributed by atoms with Crippen molar-refractivity contribution in [1.29, 1.82) is 0 Å². The van der Waals surface area contributed by atoms with Crippen molar-refractivity contribution in [3.05, 3.63) is 0 Å². The number of aliphatic hydroxyl groups is 1. The molecule has 0 aromatic rings. The van der Waals surface area contributed by atoms with E-state index in [1.54, 1.807) is 0 Å². The van der Waals surface area contributed by atoms with Crippen molar-refractivity contribution in [1.82, 2.24) is 0 Å². The van der Waals surface area contributed by atoms with E-state index in [0.29, 0.717) is 0 Å². The Bertz CT molecular complexity index is 221. The van der Waals surface area contributed by atoms with Crippen LogP contribution < -0.4 is 0 Å². The minimum Gasteiger partial charge on any atom is -0.393 e. The maximum Gasteiger partial charge on any atom is 0.154 e. The lowest BCUT2D eigenvalue weighted by molar-refractivity contribution is -0.127. The molecule has 0 spiro atoms. The highest BCUT2D eigenvalue weighted by atomic mass is 16.7. The topological polar surface area (TPSA) is 38.7 Å². The molecule has 0 radical (unpaired) electrons. The Morgan fingerprint density at radius 3 is 1.78 bits per heavy atom. The molecule has 0 aromatic heterocycles. The van der Waals surface area contributed by atoms with Crippen molar-refractivity contribution in [2.75, 3.05) is 13.2 Å². The Morgan fingerprint density at radius 2 is 1.22 bits per heavy atom. The van der Waals surface area contributed by atoms with Crippen LogP contribution in [0.1, 0.15) is 104 Å². The molecule has 0 aliphatic carbocycles. The fourth-order valence-electron chi connectivity index (χ4n) is 2.85. The highest BCUT2D eigenvalue weighted by Crippen LogP contribution is 2.13. The molecule has 0 saturated heterocycles. The molecule has 3 nitrogen and oxygen atoms in total. The Morgan fingerprint density at radius 1 is 0.696 bits per heavy atom. The predicted octanol–water partition coefficient (Wildman–Crippen LogP) is 5.84. The molecule has 1 unspecified atom stereocenters. The first-order valence-corrected chi connectivity index (χ1v) is 10.1. The van der Waals surface area contributed by atoms with Gasteiger partial charge >= 0.3 is 0 Å². The Hall–Kier alpha value is -0.120. The second-order valence-corrected chi connectivity index (χ2v) is 6.66. The molecular formula is C20H42O3. The van der Waals surface area contributed by atoms with Gasteiger partial charge in [-0.2, -0.15) is 0 Å². The summed E-state index contributed by atoms with van der Waals surface area (Å²) in [5, 5.41) is 9.85. The third kappa shape index (κ3) is 18.1. The van der Waals surface area contributed by atoms with Gasteiger partial charge in [0.15, 0.2) is 6.29 Å². The molecule has 0 heterocycles. The first-order chi connectivity index (χ1) is 11.2. The average Bonchev–Trinajstić information content (AvgIpc) is 2.53. The second kappa shape index (κ2) is 18.2. The number of ether oxygens (including phenoxy) is 2. The summed E-state index contributed by atoms with van der Waals surface area (Å²) >= 11 is 0. The molecule has 0 amide bonds. The van der Waals surface area contributed by atoms with E-state index in [4.69, 9.17) is 9.47 Å². The van der Waals surface area contributed by atoms with E-state index in [2.05, 4.69) is 6.92 Å². The lowest BCUT2D eigenvalue weighted by Gasteiger charge is -2.12. The fourth-order valence-corrected chi connectivity index (χ4v) is 2.85. The van der Waals surface area contributed by atoms with E-state index in [1.807, 2.05) is 13.8 Å². The van der Waals surface area contributed by atoms with Crippen molar-refractivity contribution in [3.63, 3.8) is 0 Å². The smallest absolute Gasteiger partial charge is 0.154 e. The van der Waals surface area contributed by atoms with Crippen LogP contribution in [0, 0.1) is 0 Å².